The molecule has 12 nitrogen and oxygen atoms in total. The molecule has 0 aliphatic carbocycles. The molecule has 22 aromatic rings. The Labute approximate surface area is 692 Å². The van der Waals surface area contributed by atoms with Crippen LogP contribution in [0.5, 0.6) is 0 Å². The molecule has 0 atom stereocenters. The number of benzene rings is 16. The van der Waals surface area contributed by atoms with E-state index in [4.69, 9.17) is 44.9 Å². The number of fused-ring (bicyclic) bond motifs is 9. The smallest absolute Gasteiger partial charge is 0.164 e. The summed E-state index contributed by atoms with van der Waals surface area (Å²) in [6, 6.07) is 137. The standard InChI is InChI=1S/C40H26N4.2C34H22N4/c1-3-7-27(8-4-1)28-11-16-32(17-12-28)39-42-38(31-9-5-2-6-10-31)43-40(44-39)33-18-13-29(14-19-33)34-21-22-36-35(25-34)20-15-30-23-24-41-26-37(30)36;1-3-9-23(10-4-1)24-16-18-27(19-17-24)33-36-32(26-11-5-2-6-12-26)37-34(38-33)30-15-7-14-29-28(30)21-20-25-13-8-22-35-31(25)29;1-3-10-23(11-4-1)24-17-19-26(20-18-24)33-36-32(25-12-5-2-6-13-25)37-34(38-33)30-22-27-14-9-21-35-31(27)29-16-8-7-15-28(29)30/h1-26H;2*1-22H. The molecule has 0 N–H and O–H groups in total. The first-order chi connectivity index (χ1) is 59.4. The average molecular weight is 1540 g/mol. The summed E-state index contributed by atoms with van der Waals surface area (Å²) >= 11 is 0. The Bertz CT molecular complexity index is 7430. The van der Waals surface area contributed by atoms with Crippen LogP contribution in [-0.4, -0.2) is 59.8 Å². The minimum Gasteiger partial charge on any atom is -0.264 e. The molecule has 6 heterocycles. The highest BCUT2D eigenvalue weighted by Gasteiger charge is 2.21. The van der Waals surface area contributed by atoms with Gasteiger partial charge in [0.1, 0.15) is 0 Å². The van der Waals surface area contributed by atoms with Crippen molar-refractivity contribution < 1.29 is 0 Å². The highest BCUT2D eigenvalue weighted by atomic mass is 15.1. The van der Waals surface area contributed by atoms with Crippen LogP contribution in [-0.2, 0) is 0 Å². The van der Waals surface area contributed by atoms with Crippen LogP contribution >= 0.6 is 0 Å². The van der Waals surface area contributed by atoms with Crippen LogP contribution in [0, 0.1) is 0 Å². The second-order valence-electron chi connectivity index (χ2n) is 29.1. The van der Waals surface area contributed by atoms with Gasteiger partial charge in [0.2, 0.25) is 0 Å². The van der Waals surface area contributed by atoms with E-state index in [1.54, 1.807) is 0 Å². The molecule has 16 aromatic carbocycles. The summed E-state index contributed by atoms with van der Waals surface area (Å²) in [5.74, 6) is 5.80. The molecule has 22 rings (SSSR count). The van der Waals surface area contributed by atoms with Crippen molar-refractivity contribution in [1.29, 1.82) is 0 Å². The van der Waals surface area contributed by atoms with E-state index in [0.29, 0.717) is 52.4 Å². The summed E-state index contributed by atoms with van der Waals surface area (Å²) < 4.78 is 0. The highest BCUT2D eigenvalue weighted by molar-refractivity contribution is 6.13. The molecular weight excluding hydrogens is 1470 g/mol. The van der Waals surface area contributed by atoms with Gasteiger partial charge in [0.05, 0.1) is 11.0 Å². The fraction of sp³-hybridized carbons (Fsp3) is 0. The Morgan fingerprint density at radius 1 is 0.142 bits per heavy atom. The molecule has 0 unspecified atom stereocenters. The number of aromatic nitrogens is 12. The molecule has 0 spiro atoms. The summed E-state index contributed by atoms with van der Waals surface area (Å²) in [5.41, 5.74) is 19.8. The Morgan fingerprint density at radius 2 is 0.442 bits per heavy atom. The van der Waals surface area contributed by atoms with Gasteiger partial charge in [0.25, 0.3) is 0 Å². The molecule has 0 saturated carbocycles. The van der Waals surface area contributed by atoms with Gasteiger partial charge in [0.15, 0.2) is 52.4 Å². The lowest BCUT2D eigenvalue weighted by molar-refractivity contribution is 1.07. The van der Waals surface area contributed by atoms with Gasteiger partial charge in [-0.3, -0.25) is 15.0 Å². The lowest BCUT2D eigenvalue weighted by Crippen LogP contribution is -2.01. The molecule has 562 valence electrons. The van der Waals surface area contributed by atoms with Gasteiger partial charge in [-0.05, 0) is 102 Å². The first-order valence-electron chi connectivity index (χ1n) is 39.8. The summed E-state index contributed by atoms with van der Waals surface area (Å²) in [5, 5.41) is 11.2. The number of nitrogens with zero attached hydrogens (tertiary/aromatic N) is 12. The molecule has 6 aromatic heterocycles. The van der Waals surface area contributed by atoms with Crippen LogP contribution in [0.15, 0.2) is 425 Å². The van der Waals surface area contributed by atoms with Crippen LogP contribution in [0.1, 0.15) is 0 Å². The van der Waals surface area contributed by atoms with Crippen LogP contribution in [0.4, 0.5) is 0 Å². The van der Waals surface area contributed by atoms with Gasteiger partial charge in [-0.1, -0.05) is 370 Å². The third-order valence-corrected chi connectivity index (χ3v) is 21.6. The highest BCUT2D eigenvalue weighted by Crippen LogP contribution is 2.39. The molecule has 12 heteroatoms. The van der Waals surface area contributed by atoms with E-state index >= 15 is 0 Å². The maximum atomic E-state index is 5.02. The second-order valence-corrected chi connectivity index (χ2v) is 29.1. The van der Waals surface area contributed by atoms with Gasteiger partial charge in [-0.2, -0.15) is 0 Å². The van der Waals surface area contributed by atoms with Crippen molar-refractivity contribution >= 4 is 64.9 Å². The van der Waals surface area contributed by atoms with Gasteiger partial charge in [-0.25, -0.2) is 44.9 Å². The van der Waals surface area contributed by atoms with Crippen molar-refractivity contribution in [3.8, 4) is 147 Å². The normalized spacial score (nSPS) is 11.2. The number of hydrogen-bond acceptors (Lipinski definition) is 12. The summed E-state index contributed by atoms with van der Waals surface area (Å²) in [6.07, 6.45) is 7.45. The predicted octanol–water partition coefficient (Wildman–Crippen LogP) is 26.4. The van der Waals surface area contributed by atoms with Crippen molar-refractivity contribution in [2.45, 2.75) is 0 Å². The van der Waals surface area contributed by atoms with E-state index in [0.717, 1.165) is 121 Å². The van der Waals surface area contributed by atoms with Crippen molar-refractivity contribution in [3.05, 3.63) is 425 Å². The van der Waals surface area contributed by atoms with Gasteiger partial charge >= 0.3 is 0 Å². The Hall–Kier alpha value is -16.4. The van der Waals surface area contributed by atoms with E-state index < -0.39 is 0 Å². The van der Waals surface area contributed by atoms with Crippen molar-refractivity contribution in [2.75, 3.05) is 0 Å². The topological polar surface area (TPSA) is 155 Å². The van der Waals surface area contributed by atoms with E-state index in [1.165, 1.54) is 38.2 Å². The molecule has 0 radical (unpaired) electrons. The Balaban J connectivity index is 0.000000115. The van der Waals surface area contributed by atoms with Gasteiger partial charge in [-0.15, -0.1) is 0 Å². The minimum atomic E-state index is 0.641. The zero-order chi connectivity index (χ0) is 79.9. The van der Waals surface area contributed by atoms with Crippen LogP contribution < -0.4 is 0 Å². The lowest BCUT2D eigenvalue weighted by atomic mass is 9.97. The van der Waals surface area contributed by atoms with Crippen molar-refractivity contribution in [3.63, 3.8) is 0 Å². The zero-order valence-electron chi connectivity index (χ0n) is 64.8. The molecule has 120 heavy (non-hydrogen) atoms. The first kappa shape index (κ1) is 72.5. The number of pyridine rings is 3. The van der Waals surface area contributed by atoms with Gasteiger partial charge in [0, 0.05) is 102 Å². The van der Waals surface area contributed by atoms with Crippen molar-refractivity contribution in [2.24, 2.45) is 0 Å². The van der Waals surface area contributed by atoms with E-state index in [1.807, 2.05) is 164 Å². The molecule has 0 saturated heterocycles. The van der Waals surface area contributed by atoms with E-state index in [2.05, 4.69) is 276 Å². The molecule has 0 fully saturated rings. The summed E-state index contributed by atoms with van der Waals surface area (Å²) in [4.78, 5) is 58.1. The van der Waals surface area contributed by atoms with Crippen molar-refractivity contribution in [1.82, 2.24) is 59.8 Å². The molecule has 0 amide bonds. The third kappa shape index (κ3) is 15.1. The second kappa shape index (κ2) is 32.8. The number of rotatable bonds is 13. The summed E-state index contributed by atoms with van der Waals surface area (Å²) in [6.45, 7) is 0. The maximum Gasteiger partial charge on any atom is 0.164 e. The lowest BCUT2D eigenvalue weighted by Gasteiger charge is -2.12. The SMILES string of the molecule is c1ccc(-c2ccc(-c3nc(-c4ccccc4)nc(-c4cc5cccnc5c5ccccc45)n3)cc2)cc1.c1ccc(-c2ccc(-c3nc(-c4ccccc4)nc(-c4ccc(-c5ccc6c(ccc7ccncc76)c5)cc4)n3)cc2)cc1.c1ccc(-c2ccc(-c3nc(-c4ccccc4)nc(-c4cccc5c4ccc4cccnc45)n3)cc2)cc1. The third-order valence-electron chi connectivity index (χ3n) is 21.6. The van der Waals surface area contributed by atoms with Crippen LogP contribution in [0.3, 0.4) is 0 Å². The van der Waals surface area contributed by atoms with Crippen LogP contribution in [0.2, 0.25) is 0 Å². The monoisotopic (exact) mass is 1530 g/mol. The van der Waals surface area contributed by atoms with E-state index in [-0.39, 0.29) is 0 Å². The predicted molar refractivity (Wildman–Crippen MR) is 489 cm³/mol. The van der Waals surface area contributed by atoms with Crippen LogP contribution in [0.25, 0.3) is 212 Å². The quantitative estimate of drug-likeness (QED) is 0.101. The van der Waals surface area contributed by atoms with Gasteiger partial charge < -0.3 is 0 Å². The average Bonchev–Trinajstić information content (AvgIpc) is 0.769. The largest absolute Gasteiger partial charge is 0.264 e. The molecule has 0 aliphatic heterocycles. The Morgan fingerprint density at radius 3 is 0.883 bits per heavy atom. The molecular formula is C108H70N12. The number of hydrogen-bond donors (Lipinski definition) is 0. The molecule has 0 bridgehead atoms. The fourth-order valence-corrected chi connectivity index (χ4v) is 15.5. The Kier molecular flexibility index (Phi) is 19.8. The maximum absolute atomic E-state index is 5.02. The molecule has 0 aliphatic rings. The summed E-state index contributed by atoms with van der Waals surface area (Å²) in [7, 11) is 0. The first-order valence-corrected chi connectivity index (χ1v) is 39.8. The van der Waals surface area contributed by atoms with E-state index in [9.17, 15) is 0 Å². The minimum absolute atomic E-state index is 0.641. The fourth-order valence-electron chi connectivity index (χ4n) is 15.5. The zero-order valence-corrected chi connectivity index (χ0v) is 64.8.